The van der Waals surface area contributed by atoms with Crippen LogP contribution in [0.2, 0.25) is 0 Å². The van der Waals surface area contributed by atoms with Crippen LogP contribution in [0.3, 0.4) is 0 Å². The Morgan fingerprint density at radius 1 is 1.07 bits per heavy atom. The van der Waals surface area contributed by atoms with Gasteiger partial charge >= 0.3 is 0 Å². The predicted octanol–water partition coefficient (Wildman–Crippen LogP) is 3.89. The second-order valence-corrected chi connectivity index (χ2v) is 7.76. The Bertz CT molecular complexity index is 1090. The van der Waals surface area contributed by atoms with E-state index in [0.717, 1.165) is 34.7 Å². The van der Waals surface area contributed by atoms with E-state index >= 15 is 0 Å². The van der Waals surface area contributed by atoms with Crippen LogP contribution >= 0.6 is 0 Å². The number of benzene rings is 2. The number of aromatic nitrogens is 2. The first-order valence-corrected chi connectivity index (χ1v) is 10.2. The molecule has 6 nitrogen and oxygen atoms in total. The summed E-state index contributed by atoms with van der Waals surface area (Å²) in [4.78, 5) is 28.6. The van der Waals surface area contributed by atoms with E-state index in [2.05, 4.69) is 5.10 Å². The molecule has 4 rings (SSSR count). The topological polar surface area (TPSA) is 58.4 Å². The lowest BCUT2D eigenvalue weighted by molar-refractivity contribution is -0.117. The molecule has 0 aliphatic carbocycles. The summed E-state index contributed by atoms with van der Waals surface area (Å²) in [6.45, 7) is 5.18. The van der Waals surface area contributed by atoms with Crippen LogP contribution in [0, 0.1) is 13.8 Å². The van der Waals surface area contributed by atoms with Crippen LogP contribution in [0.5, 0.6) is 0 Å². The lowest BCUT2D eigenvalue weighted by atomic mass is 10.1. The van der Waals surface area contributed by atoms with Crippen molar-refractivity contribution in [1.29, 1.82) is 0 Å². The van der Waals surface area contributed by atoms with Gasteiger partial charge in [0.15, 0.2) is 0 Å². The van der Waals surface area contributed by atoms with Crippen LogP contribution in [0.25, 0.3) is 5.69 Å². The molecule has 0 unspecified atom stereocenters. The molecule has 0 radical (unpaired) electrons. The largest absolute Gasteiger partial charge is 0.337 e. The van der Waals surface area contributed by atoms with Gasteiger partial charge in [-0.25, -0.2) is 4.68 Å². The summed E-state index contributed by atoms with van der Waals surface area (Å²) >= 11 is 0. The van der Waals surface area contributed by atoms with E-state index in [0.29, 0.717) is 25.1 Å². The van der Waals surface area contributed by atoms with Gasteiger partial charge in [-0.05, 0) is 50.6 Å². The molecule has 0 spiro atoms. The summed E-state index contributed by atoms with van der Waals surface area (Å²) in [5.41, 5.74) is 5.35. The van der Waals surface area contributed by atoms with Crippen molar-refractivity contribution in [2.45, 2.75) is 33.2 Å². The van der Waals surface area contributed by atoms with Gasteiger partial charge in [0, 0.05) is 49.1 Å². The number of hydrogen-bond acceptors (Lipinski definition) is 3. The highest BCUT2D eigenvalue weighted by Crippen LogP contribution is 2.24. The molecule has 3 aromatic rings. The minimum atomic E-state index is -0.0743. The van der Waals surface area contributed by atoms with E-state index in [1.54, 1.807) is 22.9 Å². The molecular weight excluding hydrogens is 376 g/mol. The van der Waals surface area contributed by atoms with Crippen molar-refractivity contribution in [1.82, 2.24) is 14.7 Å². The average Bonchev–Trinajstić information content (AvgIpc) is 3.32. The maximum Gasteiger partial charge on any atom is 0.253 e. The minimum absolute atomic E-state index is 0.0743. The molecule has 2 heterocycles. The summed E-state index contributed by atoms with van der Waals surface area (Å²) in [6, 6.07) is 17.3. The molecule has 154 valence electrons. The van der Waals surface area contributed by atoms with Crippen molar-refractivity contribution in [3.05, 3.63) is 77.1 Å². The number of carbonyl (C=O) groups excluding carboxylic acids is 2. The van der Waals surface area contributed by atoms with Crippen molar-refractivity contribution in [3.8, 4) is 5.69 Å². The second kappa shape index (κ2) is 8.14. The van der Waals surface area contributed by atoms with Crippen molar-refractivity contribution in [2.75, 3.05) is 18.5 Å². The maximum absolute atomic E-state index is 13.1. The van der Waals surface area contributed by atoms with Gasteiger partial charge in [-0.1, -0.05) is 24.3 Å². The summed E-state index contributed by atoms with van der Waals surface area (Å²) < 4.78 is 1.92. The van der Waals surface area contributed by atoms with Gasteiger partial charge in [-0.2, -0.15) is 5.10 Å². The van der Waals surface area contributed by atoms with E-state index < -0.39 is 0 Å². The minimum Gasteiger partial charge on any atom is -0.337 e. The number of nitrogens with zero attached hydrogens (tertiary/aromatic N) is 4. The zero-order valence-electron chi connectivity index (χ0n) is 17.6. The third-order valence-corrected chi connectivity index (χ3v) is 5.66. The van der Waals surface area contributed by atoms with Gasteiger partial charge in [-0.15, -0.1) is 0 Å². The molecule has 0 atom stereocenters. The SMILES string of the molecule is Cc1nn(-c2ccccc2)c(C)c1CN(C)C(=O)c1cccc(N2CCCC2=O)c1. The third-order valence-electron chi connectivity index (χ3n) is 5.66. The summed E-state index contributed by atoms with van der Waals surface area (Å²) in [5.74, 6) is 0.0438. The number of para-hydroxylation sites is 1. The monoisotopic (exact) mass is 402 g/mol. The summed E-state index contributed by atoms with van der Waals surface area (Å²) in [6.07, 6.45) is 1.43. The van der Waals surface area contributed by atoms with Crippen molar-refractivity contribution in [2.24, 2.45) is 0 Å². The predicted molar refractivity (Wildman–Crippen MR) is 117 cm³/mol. The van der Waals surface area contributed by atoms with Gasteiger partial charge in [0.1, 0.15) is 0 Å². The number of rotatable bonds is 5. The molecule has 2 amide bonds. The first-order chi connectivity index (χ1) is 14.5. The summed E-state index contributed by atoms with van der Waals surface area (Å²) in [7, 11) is 1.80. The number of anilines is 1. The fourth-order valence-electron chi connectivity index (χ4n) is 3.98. The van der Waals surface area contributed by atoms with Gasteiger partial charge < -0.3 is 9.80 Å². The van der Waals surface area contributed by atoms with Crippen LogP contribution in [0.1, 0.15) is 40.2 Å². The smallest absolute Gasteiger partial charge is 0.253 e. The fraction of sp³-hybridized carbons (Fsp3) is 0.292. The highest BCUT2D eigenvalue weighted by molar-refractivity contribution is 5.99. The van der Waals surface area contributed by atoms with Gasteiger partial charge in [-0.3, -0.25) is 9.59 Å². The number of amides is 2. The number of aryl methyl sites for hydroxylation is 1. The van der Waals surface area contributed by atoms with E-state index in [-0.39, 0.29) is 11.8 Å². The molecule has 6 heteroatoms. The van der Waals surface area contributed by atoms with Crippen LogP contribution < -0.4 is 4.90 Å². The maximum atomic E-state index is 13.1. The zero-order valence-corrected chi connectivity index (χ0v) is 17.6. The van der Waals surface area contributed by atoms with E-state index in [1.165, 1.54) is 0 Å². The van der Waals surface area contributed by atoms with Crippen LogP contribution in [-0.4, -0.2) is 40.1 Å². The first-order valence-electron chi connectivity index (χ1n) is 10.2. The molecule has 1 aliphatic heterocycles. The Balaban J connectivity index is 1.55. The molecule has 1 aliphatic rings. The van der Waals surface area contributed by atoms with Crippen molar-refractivity contribution in [3.63, 3.8) is 0 Å². The van der Waals surface area contributed by atoms with Gasteiger partial charge in [0.2, 0.25) is 5.91 Å². The fourth-order valence-corrected chi connectivity index (χ4v) is 3.98. The third kappa shape index (κ3) is 3.73. The lowest BCUT2D eigenvalue weighted by Gasteiger charge is -2.20. The standard InChI is InChI=1S/C24H26N4O2/c1-17-22(18(2)28(25-17)20-10-5-4-6-11-20)16-26(3)24(30)19-9-7-12-21(15-19)27-14-8-13-23(27)29/h4-7,9-12,15H,8,13-14,16H2,1-3H3. The van der Waals surface area contributed by atoms with E-state index in [1.807, 2.05) is 67.1 Å². The normalized spacial score (nSPS) is 13.7. The highest BCUT2D eigenvalue weighted by atomic mass is 16.2. The Morgan fingerprint density at radius 3 is 2.50 bits per heavy atom. The lowest BCUT2D eigenvalue weighted by Crippen LogP contribution is -2.28. The zero-order chi connectivity index (χ0) is 21.3. The first kappa shape index (κ1) is 19.9. The molecule has 1 aromatic heterocycles. The van der Waals surface area contributed by atoms with Crippen molar-refractivity contribution < 1.29 is 9.59 Å². The molecule has 30 heavy (non-hydrogen) atoms. The summed E-state index contributed by atoms with van der Waals surface area (Å²) in [5, 5.41) is 4.67. The molecule has 0 saturated carbocycles. The van der Waals surface area contributed by atoms with Gasteiger partial charge in [0.05, 0.1) is 11.4 Å². The molecule has 1 fully saturated rings. The Morgan fingerprint density at radius 2 is 1.80 bits per heavy atom. The Labute approximate surface area is 176 Å². The Hall–Kier alpha value is -3.41. The molecule has 1 saturated heterocycles. The molecule has 0 bridgehead atoms. The highest BCUT2D eigenvalue weighted by Gasteiger charge is 2.23. The quantitative estimate of drug-likeness (QED) is 0.651. The molecule has 2 aromatic carbocycles. The van der Waals surface area contributed by atoms with Crippen molar-refractivity contribution >= 4 is 17.5 Å². The van der Waals surface area contributed by atoms with Gasteiger partial charge in [0.25, 0.3) is 5.91 Å². The number of carbonyl (C=O) groups is 2. The van der Waals surface area contributed by atoms with E-state index in [9.17, 15) is 9.59 Å². The Kier molecular flexibility index (Phi) is 5.40. The molecular formula is C24H26N4O2. The van der Waals surface area contributed by atoms with E-state index in [4.69, 9.17) is 0 Å². The average molecular weight is 402 g/mol. The van der Waals surface area contributed by atoms with Crippen LogP contribution in [0.15, 0.2) is 54.6 Å². The second-order valence-electron chi connectivity index (χ2n) is 7.76. The van der Waals surface area contributed by atoms with Crippen LogP contribution in [-0.2, 0) is 11.3 Å². The number of hydrogen-bond donors (Lipinski definition) is 0. The molecule has 0 N–H and O–H groups in total. The van der Waals surface area contributed by atoms with Crippen LogP contribution in [0.4, 0.5) is 5.69 Å².